The Hall–Kier alpha value is 0.200. The molecule has 1 unspecified atom stereocenters. The molecule has 1 saturated heterocycles. The van der Waals surface area contributed by atoms with Gasteiger partial charge in [-0.1, -0.05) is 13.3 Å². The van der Waals surface area contributed by atoms with E-state index in [0.29, 0.717) is 13.1 Å². The molecule has 0 N–H and O–H groups in total. The fraction of sp³-hybridized carbons (Fsp3) is 1.00. The van der Waals surface area contributed by atoms with E-state index in [1.165, 1.54) is 4.31 Å². The normalized spacial score (nSPS) is 25.2. The maximum Gasteiger partial charge on any atom is 0.214 e. The molecule has 1 rings (SSSR count). The molecular formula is C8H16ClNO2S. The van der Waals surface area contributed by atoms with E-state index < -0.39 is 10.0 Å². The van der Waals surface area contributed by atoms with Crippen molar-refractivity contribution in [3.05, 3.63) is 0 Å². The Balaban J connectivity index is 2.50. The lowest BCUT2D eigenvalue weighted by molar-refractivity contribution is 0.476. The molecule has 0 bridgehead atoms. The Kier molecular flexibility index (Phi) is 4.01. The van der Waals surface area contributed by atoms with Crippen molar-refractivity contribution in [1.82, 2.24) is 4.31 Å². The molecule has 1 aliphatic heterocycles. The molecule has 0 aliphatic carbocycles. The number of unbranched alkanes of at least 4 members (excludes halogenated alkanes) is 1. The van der Waals surface area contributed by atoms with Crippen LogP contribution < -0.4 is 0 Å². The van der Waals surface area contributed by atoms with E-state index in [2.05, 4.69) is 0 Å². The molecule has 13 heavy (non-hydrogen) atoms. The van der Waals surface area contributed by atoms with Gasteiger partial charge in [0.2, 0.25) is 10.0 Å². The molecule has 5 heteroatoms. The summed E-state index contributed by atoms with van der Waals surface area (Å²) in [6.07, 6.45) is 2.44. The predicted molar refractivity (Wildman–Crippen MR) is 54.5 cm³/mol. The lowest BCUT2D eigenvalue weighted by Gasteiger charge is -2.14. The van der Waals surface area contributed by atoms with E-state index in [-0.39, 0.29) is 11.1 Å². The van der Waals surface area contributed by atoms with Gasteiger partial charge in [-0.05, 0) is 12.8 Å². The summed E-state index contributed by atoms with van der Waals surface area (Å²) in [6, 6.07) is 0. The van der Waals surface area contributed by atoms with Gasteiger partial charge in [-0.2, -0.15) is 0 Å². The van der Waals surface area contributed by atoms with E-state index in [4.69, 9.17) is 11.6 Å². The van der Waals surface area contributed by atoms with Gasteiger partial charge >= 0.3 is 0 Å². The number of alkyl halides is 1. The molecule has 1 atom stereocenters. The number of hydrogen-bond acceptors (Lipinski definition) is 2. The summed E-state index contributed by atoms with van der Waals surface area (Å²) in [5, 5.41) is 0.0106. The van der Waals surface area contributed by atoms with Crippen LogP contribution in [0, 0.1) is 0 Å². The molecule has 1 aliphatic rings. The second-order valence-electron chi connectivity index (χ2n) is 3.41. The minimum atomic E-state index is -3.01. The fourth-order valence-electron chi connectivity index (χ4n) is 1.40. The first kappa shape index (κ1) is 11.3. The second-order valence-corrected chi connectivity index (χ2v) is 6.12. The van der Waals surface area contributed by atoms with Crippen molar-refractivity contribution in [2.24, 2.45) is 0 Å². The van der Waals surface area contributed by atoms with Gasteiger partial charge in [-0.3, -0.25) is 0 Å². The van der Waals surface area contributed by atoms with E-state index in [9.17, 15) is 8.42 Å². The van der Waals surface area contributed by atoms with Gasteiger partial charge < -0.3 is 0 Å². The van der Waals surface area contributed by atoms with Crippen molar-refractivity contribution >= 4 is 21.6 Å². The molecule has 78 valence electrons. The SMILES string of the molecule is CCCCS(=O)(=O)N1CCC(Cl)C1. The summed E-state index contributed by atoms with van der Waals surface area (Å²) in [4.78, 5) is 0. The number of halogens is 1. The molecule has 0 spiro atoms. The quantitative estimate of drug-likeness (QED) is 0.679. The molecule has 0 amide bonds. The molecule has 0 radical (unpaired) electrons. The van der Waals surface area contributed by atoms with Crippen LogP contribution in [0.2, 0.25) is 0 Å². The summed E-state index contributed by atoms with van der Waals surface area (Å²) >= 11 is 5.84. The predicted octanol–water partition coefficient (Wildman–Crippen LogP) is 1.43. The third-order valence-electron chi connectivity index (χ3n) is 2.24. The number of rotatable bonds is 4. The Labute approximate surface area is 85.1 Å². The Morgan fingerprint density at radius 3 is 2.69 bits per heavy atom. The van der Waals surface area contributed by atoms with Crippen molar-refractivity contribution < 1.29 is 8.42 Å². The number of hydrogen-bond donors (Lipinski definition) is 0. The van der Waals surface area contributed by atoms with Crippen molar-refractivity contribution in [2.45, 2.75) is 31.6 Å². The molecule has 0 saturated carbocycles. The van der Waals surface area contributed by atoms with Crippen LogP contribution in [-0.2, 0) is 10.0 Å². The van der Waals surface area contributed by atoms with Crippen molar-refractivity contribution in [3.8, 4) is 0 Å². The molecular weight excluding hydrogens is 210 g/mol. The summed E-state index contributed by atoms with van der Waals surface area (Å²) in [6.45, 7) is 3.08. The van der Waals surface area contributed by atoms with Crippen LogP contribution in [0.15, 0.2) is 0 Å². The molecule has 0 aromatic carbocycles. The molecule has 3 nitrogen and oxygen atoms in total. The van der Waals surface area contributed by atoms with Gasteiger partial charge in [0.15, 0.2) is 0 Å². The summed E-state index contributed by atoms with van der Waals surface area (Å²) in [5.41, 5.74) is 0. The molecule has 1 fully saturated rings. The zero-order valence-electron chi connectivity index (χ0n) is 7.87. The number of sulfonamides is 1. The first-order valence-electron chi connectivity index (χ1n) is 4.68. The molecule has 0 aromatic heterocycles. The highest BCUT2D eigenvalue weighted by atomic mass is 35.5. The van der Waals surface area contributed by atoms with Crippen LogP contribution >= 0.6 is 11.6 Å². The van der Waals surface area contributed by atoms with E-state index in [1.54, 1.807) is 0 Å². The summed E-state index contributed by atoms with van der Waals surface area (Å²) in [7, 11) is -3.01. The third-order valence-corrected chi connectivity index (χ3v) is 4.52. The van der Waals surface area contributed by atoms with Crippen LogP contribution in [0.25, 0.3) is 0 Å². The third kappa shape index (κ3) is 3.11. The smallest absolute Gasteiger partial charge is 0.212 e. The second kappa shape index (κ2) is 4.62. The lowest BCUT2D eigenvalue weighted by atomic mass is 10.4. The maximum atomic E-state index is 11.6. The standard InChI is InChI=1S/C8H16ClNO2S/c1-2-3-6-13(11,12)10-5-4-8(9)7-10/h8H,2-7H2,1H3. The molecule has 0 aromatic rings. The van der Waals surface area contributed by atoms with Gasteiger partial charge in [-0.25, -0.2) is 12.7 Å². The Bertz CT molecular complexity index is 253. The average Bonchev–Trinajstić information content (AvgIpc) is 2.49. The first-order valence-corrected chi connectivity index (χ1v) is 6.72. The minimum absolute atomic E-state index is 0.0106. The van der Waals surface area contributed by atoms with Crippen molar-refractivity contribution in [1.29, 1.82) is 0 Å². The van der Waals surface area contributed by atoms with Crippen LogP contribution in [0.1, 0.15) is 26.2 Å². The average molecular weight is 226 g/mol. The van der Waals surface area contributed by atoms with Gasteiger partial charge in [0.05, 0.1) is 5.75 Å². The zero-order valence-corrected chi connectivity index (χ0v) is 9.44. The van der Waals surface area contributed by atoms with Crippen LogP contribution in [-0.4, -0.2) is 36.9 Å². The largest absolute Gasteiger partial charge is 0.214 e. The Morgan fingerprint density at radius 1 is 1.54 bits per heavy atom. The molecule has 1 heterocycles. The summed E-state index contributed by atoms with van der Waals surface area (Å²) < 4.78 is 24.7. The number of nitrogens with zero attached hydrogens (tertiary/aromatic N) is 1. The van der Waals surface area contributed by atoms with Crippen LogP contribution in [0.5, 0.6) is 0 Å². The Morgan fingerprint density at radius 2 is 2.23 bits per heavy atom. The topological polar surface area (TPSA) is 37.4 Å². The van der Waals surface area contributed by atoms with Gasteiger partial charge in [0.25, 0.3) is 0 Å². The maximum absolute atomic E-state index is 11.6. The van der Waals surface area contributed by atoms with E-state index in [1.807, 2.05) is 6.92 Å². The van der Waals surface area contributed by atoms with Crippen LogP contribution in [0.3, 0.4) is 0 Å². The highest BCUT2D eigenvalue weighted by Crippen LogP contribution is 2.18. The highest BCUT2D eigenvalue weighted by molar-refractivity contribution is 7.89. The van der Waals surface area contributed by atoms with Crippen molar-refractivity contribution in [2.75, 3.05) is 18.8 Å². The monoisotopic (exact) mass is 225 g/mol. The van der Waals surface area contributed by atoms with Gasteiger partial charge in [0.1, 0.15) is 0 Å². The van der Waals surface area contributed by atoms with Gasteiger partial charge in [-0.15, -0.1) is 11.6 Å². The fourth-order valence-corrected chi connectivity index (χ4v) is 3.44. The zero-order chi connectivity index (χ0) is 9.90. The van der Waals surface area contributed by atoms with E-state index in [0.717, 1.165) is 19.3 Å². The summed E-state index contributed by atoms with van der Waals surface area (Å²) in [5.74, 6) is 0.271. The van der Waals surface area contributed by atoms with Crippen molar-refractivity contribution in [3.63, 3.8) is 0 Å². The van der Waals surface area contributed by atoms with Crippen LogP contribution in [0.4, 0.5) is 0 Å². The first-order chi connectivity index (χ1) is 6.06. The lowest BCUT2D eigenvalue weighted by Crippen LogP contribution is -2.31. The highest BCUT2D eigenvalue weighted by Gasteiger charge is 2.29. The minimum Gasteiger partial charge on any atom is -0.212 e. The van der Waals surface area contributed by atoms with E-state index >= 15 is 0 Å². The van der Waals surface area contributed by atoms with Gasteiger partial charge in [0, 0.05) is 18.5 Å².